The molecule has 138 valence electrons. The fraction of sp³-hybridized carbons (Fsp3) is 0.684. The molecule has 0 saturated carbocycles. The van der Waals surface area contributed by atoms with Crippen molar-refractivity contribution in [2.75, 3.05) is 13.2 Å². The average molecular weight is 403 g/mol. The molecule has 0 aromatic heterocycles. The van der Waals surface area contributed by atoms with Gasteiger partial charge in [0.25, 0.3) is 0 Å². The van der Waals surface area contributed by atoms with Crippen molar-refractivity contribution >= 4 is 26.9 Å². The van der Waals surface area contributed by atoms with E-state index >= 15 is 0 Å². The van der Waals surface area contributed by atoms with Gasteiger partial charge in [-0.2, -0.15) is 0 Å². The number of allylic oxidation sites excluding steroid dienone is 3. The van der Waals surface area contributed by atoms with Gasteiger partial charge in [0.15, 0.2) is 0 Å². The predicted octanol–water partition coefficient (Wildman–Crippen LogP) is 4.28. The van der Waals surface area contributed by atoms with Gasteiger partial charge < -0.3 is 0 Å². The predicted molar refractivity (Wildman–Crippen MR) is 99.0 cm³/mol. The summed E-state index contributed by atoms with van der Waals surface area (Å²) in [5, 5.41) is 1.18. The van der Waals surface area contributed by atoms with E-state index in [-0.39, 0.29) is 13.2 Å². The summed E-state index contributed by atoms with van der Waals surface area (Å²) in [7, 11) is 0. The molecule has 4 nitrogen and oxygen atoms in total. The molecule has 0 amide bonds. The van der Waals surface area contributed by atoms with Crippen molar-refractivity contribution in [3.63, 3.8) is 0 Å². The average Bonchev–Trinajstić information content (AvgIpc) is 2.53. The third kappa shape index (κ3) is 8.16. The summed E-state index contributed by atoms with van der Waals surface area (Å²) in [4.78, 5) is 27.3. The number of rotatable bonds is 12. The van der Waals surface area contributed by atoms with E-state index in [1.54, 1.807) is 13.8 Å². The van der Waals surface area contributed by atoms with Crippen LogP contribution in [0.4, 0.5) is 0 Å². The molecule has 0 saturated heterocycles. The maximum absolute atomic E-state index is 12.6. The van der Waals surface area contributed by atoms with Crippen LogP contribution in [-0.4, -0.2) is 40.1 Å². The fourth-order valence-corrected chi connectivity index (χ4v) is 3.76. The molecule has 0 aromatic rings. The molecule has 0 N–H and O–H groups in total. The Morgan fingerprint density at radius 3 is 2.04 bits per heavy atom. The first kappa shape index (κ1) is 22.9. The van der Waals surface area contributed by atoms with E-state index < -0.39 is 17.4 Å². The van der Waals surface area contributed by atoms with Gasteiger partial charge in [0.05, 0.1) is 0 Å². The molecule has 0 atom stereocenters. The molecule has 0 spiro atoms. The van der Waals surface area contributed by atoms with Crippen molar-refractivity contribution in [1.29, 1.82) is 0 Å². The second-order valence-electron chi connectivity index (χ2n) is 5.81. The number of carbonyl (C=O) groups is 2. The third-order valence-corrected chi connectivity index (χ3v) is 5.37. The van der Waals surface area contributed by atoms with E-state index in [9.17, 15) is 9.59 Å². The molecule has 0 radical (unpaired) electrons. The molecule has 0 unspecified atom stereocenters. The summed E-state index contributed by atoms with van der Waals surface area (Å²) < 4.78 is 10.4. The van der Waals surface area contributed by atoms with Crippen LogP contribution >= 0.6 is 0 Å². The minimum absolute atomic E-state index is 0.249. The van der Waals surface area contributed by atoms with Crippen molar-refractivity contribution in [2.45, 2.75) is 65.6 Å². The Balaban J connectivity index is 5.34. The van der Waals surface area contributed by atoms with Crippen LogP contribution in [0, 0.1) is 5.41 Å². The van der Waals surface area contributed by atoms with Crippen molar-refractivity contribution < 1.29 is 19.1 Å². The molecule has 0 bridgehead atoms. The Morgan fingerprint density at radius 2 is 1.58 bits per heavy atom. The molecule has 24 heavy (non-hydrogen) atoms. The molecule has 0 rings (SSSR count). The van der Waals surface area contributed by atoms with E-state index in [0.717, 1.165) is 5.57 Å². The quantitative estimate of drug-likeness (QED) is 0.160. The molecule has 5 heteroatoms. The summed E-state index contributed by atoms with van der Waals surface area (Å²) in [6.07, 6.45) is 6.88. The third-order valence-electron chi connectivity index (χ3n) is 3.47. The van der Waals surface area contributed by atoms with Crippen LogP contribution in [0.5, 0.6) is 0 Å². The number of ether oxygens (including phenoxy) is 2. The first-order chi connectivity index (χ1) is 11.4. The van der Waals surface area contributed by atoms with Gasteiger partial charge in [-0.1, -0.05) is 0 Å². The Labute approximate surface area is 153 Å². The van der Waals surface area contributed by atoms with Crippen LogP contribution < -0.4 is 0 Å². The molecule has 0 heterocycles. The number of hydrogen-bond donors (Lipinski definition) is 0. The van der Waals surface area contributed by atoms with Gasteiger partial charge in [-0.05, 0) is 0 Å². The van der Waals surface area contributed by atoms with Crippen molar-refractivity contribution in [2.24, 2.45) is 5.41 Å². The Kier molecular flexibility index (Phi) is 12.7. The summed E-state index contributed by atoms with van der Waals surface area (Å²) >= 11 is 0.404. The van der Waals surface area contributed by atoms with Gasteiger partial charge in [-0.25, -0.2) is 0 Å². The van der Waals surface area contributed by atoms with Gasteiger partial charge in [0.1, 0.15) is 0 Å². The molecule has 0 aromatic carbocycles. The fourth-order valence-electron chi connectivity index (χ4n) is 2.03. The van der Waals surface area contributed by atoms with Gasteiger partial charge in [-0.3, -0.25) is 0 Å². The minimum atomic E-state index is -1.28. The summed E-state index contributed by atoms with van der Waals surface area (Å²) in [5.74, 6) is -0.988. The van der Waals surface area contributed by atoms with E-state index in [2.05, 4.69) is 11.9 Å². The van der Waals surface area contributed by atoms with Crippen molar-refractivity contribution in [3.8, 4) is 0 Å². The van der Waals surface area contributed by atoms with Crippen LogP contribution in [0.2, 0.25) is 5.32 Å². The number of unbranched alkanes of at least 4 members (excludes halogenated alkanes) is 1. The molecule has 0 aliphatic rings. The van der Waals surface area contributed by atoms with E-state index in [4.69, 9.17) is 9.47 Å². The monoisotopic (exact) mass is 404 g/mol. The summed E-state index contributed by atoms with van der Waals surface area (Å²) in [5.41, 5.74) is -0.218. The normalized spacial score (nSPS) is 11.4. The second-order valence-corrected chi connectivity index (χ2v) is 7.94. The first-order valence-corrected chi connectivity index (χ1v) is 10.9. The summed E-state index contributed by atoms with van der Waals surface area (Å²) in [6, 6.07) is 0. The van der Waals surface area contributed by atoms with Gasteiger partial charge in [0, 0.05) is 0 Å². The standard InChI is InChI=1S/C19H32O4Se/c1-6-9-14-24-15-10-12-19(13-11-16(4)5,17(20)22-7-2)18(21)23-8-3/h10-11,15H,6-9,12-14H2,1-5H3/b15-10-. The van der Waals surface area contributed by atoms with Crippen LogP contribution in [0.1, 0.15) is 60.3 Å². The zero-order chi connectivity index (χ0) is 18.4. The number of carbonyl (C=O) groups excluding carboxylic acids is 2. The zero-order valence-corrected chi connectivity index (χ0v) is 17.4. The first-order valence-electron chi connectivity index (χ1n) is 8.69. The molecular weight excluding hydrogens is 371 g/mol. The maximum atomic E-state index is 12.6. The van der Waals surface area contributed by atoms with Crippen LogP contribution in [0.25, 0.3) is 0 Å². The van der Waals surface area contributed by atoms with Gasteiger partial charge >= 0.3 is 153 Å². The zero-order valence-electron chi connectivity index (χ0n) is 15.7. The van der Waals surface area contributed by atoms with Crippen molar-refractivity contribution in [1.82, 2.24) is 0 Å². The van der Waals surface area contributed by atoms with Crippen LogP contribution in [0.3, 0.4) is 0 Å². The van der Waals surface area contributed by atoms with Crippen LogP contribution in [-0.2, 0) is 19.1 Å². The molecular formula is C19H32O4Se. The number of hydrogen-bond acceptors (Lipinski definition) is 4. The van der Waals surface area contributed by atoms with E-state index in [1.807, 2.05) is 26.0 Å². The summed E-state index contributed by atoms with van der Waals surface area (Å²) in [6.45, 7) is 10.1. The second kappa shape index (κ2) is 13.3. The van der Waals surface area contributed by atoms with Gasteiger partial charge in [0.2, 0.25) is 0 Å². The number of esters is 2. The molecule has 0 aliphatic carbocycles. The van der Waals surface area contributed by atoms with E-state index in [1.165, 1.54) is 18.2 Å². The Bertz CT molecular complexity index is 419. The molecule has 0 fully saturated rings. The SMILES string of the molecule is CCCC[Se]/C=C\CC(CC=C(C)C)(C(=O)OCC)C(=O)OCC. The van der Waals surface area contributed by atoms with Crippen LogP contribution in [0.15, 0.2) is 22.7 Å². The topological polar surface area (TPSA) is 52.6 Å². The molecule has 0 aliphatic heterocycles. The Morgan fingerprint density at radius 1 is 1.00 bits per heavy atom. The van der Waals surface area contributed by atoms with Crippen molar-refractivity contribution in [3.05, 3.63) is 22.7 Å². The van der Waals surface area contributed by atoms with E-state index in [0.29, 0.717) is 27.8 Å². The Hall–Kier alpha value is -1.06. The van der Waals surface area contributed by atoms with Gasteiger partial charge in [-0.15, -0.1) is 0 Å².